The van der Waals surface area contributed by atoms with Gasteiger partial charge in [0.15, 0.2) is 0 Å². The van der Waals surface area contributed by atoms with Gasteiger partial charge >= 0.3 is 5.97 Å². The Bertz CT molecular complexity index is 581. The highest BCUT2D eigenvalue weighted by Crippen LogP contribution is 2.42. The molecule has 1 unspecified atom stereocenters. The van der Waals surface area contributed by atoms with Crippen molar-refractivity contribution in [2.24, 2.45) is 0 Å². The van der Waals surface area contributed by atoms with E-state index in [0.717, 1.165) is 18.4 Å². The van der Waals surface area contributed by atoms with E-state index in [1.54, 1.807) is 26.8 Å². The molecular formula is C17H26N2O5. The zero-order valence-electron chi connectivity index (χ0n) is 14.3. The van der Waals surface area contributed by atoms with E-state index in [4.69, 9.17) is 15.2 Å². The number of carboxylic acid groups (broad SMARTS) is 1. The van der Waals surface area contributed by atoms with Gasteiger partial charge in [-0.2, -0.15) is 0 Å². The average Bonchev–Trinajstić information content (AvgIpc) is 3.27. The second-order valence-electron chi connectivity index (χ2n) is 7.02. The monoisotopic (exact) mass is 338 g/mol. The Labute approximate surface area is 141 Å². The summed E-state index contributed by atoms with van der Waals surface area (Å²) in [7, 11) is 0. The van der Waals surface area contributed by atoms with Gasteiger partial charge in [0.25, 0.3) is 0 Å². The SMILES string of the molecule is CC(C)(C)OC(O)N[C@@H](COc1cc(C2CC2)ccc1N)C(=O)O. The molecule has 0 aliphatic heterocycles. The predicted octanol–water partition coefficient (Wildman–Crippen LogP) is 1.66. The fraction of sp³-hybridized carbons (Fsp3) is 0.588. The van der Waals surface area contributed by atoms with Crippen LogP contribution in [0, 0.1) is 0 Å². The molecule has 1 aromatic rings. The van der Waals surface area contributed by atoms with Crippen LogP contribution in [0.2, 0.25) is 0 Å². The number of nitrogens with two attached hydrogens (primary N) is 1. The number of nitrogen functional groups attached to an aromatic ring is 1. The predicted molar refractivity (Wildman–Crippen MR) is 89.7 cm³/mol. The second-order valence-corrected chi connectivity index (χ2v) is 7.02. The topological polar surface area (TPSA) is 114 Å². The largest absolute Gasteiger partial charge is 0.489 e. The Morgan fingerprint density at radius 3 is 2.62 bits per heavy atom. The Morgan fingerprint density at radius 2 is 2.08 bits per heavy atom. The average molecular weight is 338 g/mol. The third-order valence-electron chi connectivity index (χ3n) is 3.60. The number of carboxylic acids is 1. The quantitative estimate of drug-likeness (QED) is 0.421. The first-order valence-electron chi connectivity index (χ1n) is 8.02. The minimum Gasteiger partial charge on any atom is -0.489 e. The van der Waals surface area contributed by atoms with Crippen molar-refractivity contribution in [2.75, 3.05) is 12.3 Å². The number of aliphatic hydroxyl groups is 1. The van der Waals surface area contributed by atoms with E-state index in [1.807, 2.05) is 12.1 Å². The van der Waals surface area contributed by atoms with Crippen molar-refractivity contribution in [3.63, 3.8) is 0 Å². The number of hydrogen-bond acceptors (Lipinski definition) is 6. The van der Waals surface area contributed by atoms with E-state index < -0.39 is 24.0 Å². The van der Waals surface area contributed by atoms with Crippen molar-refractivity contribution in [3.8, 4) is 5.75 Å². The molecule has 134 valence electrons. The number of carbonyl (C=O) groups is 1. The summed E-state index contributed by atoms with van der Waals surface area (Å²) in [5.41, 5.74) is 6.88. The van der Waals surface area contributed by atoms with Gasteiger partial charge in [0, 0.05) is 0 Å². The van der Waals surface area contributed by atoms with Crippen LogP contribution in [-0.2, 0) is 9.53 Å². The highest BCUT2D eigenvalue weighted by molar-refractivity contribution is 5.73. The van der Waals surface area contributed by atoms with Gasteiger partial charge in [-0.15, -0.1) is 0 Å². The first-order valence-corrected chi connectivity index (χ1v) is 8.02. The van der Waals surface area contributed by atoms with Crippen LogP contribution in [-0.4, -0.2) is 40.8 Å². The maximum absolute atomic E-state index is 11.4. The maximum atomic E-state index is 11.4. The van der Waals surface area contributed by atoms with Crippen LogP contribution in [0.4, 0.5) is 5.69 Å². The molecule has 5 N–H and O–H groups in total. The number of ether oxygens (including phenoxy) is 2. The minimum absolute atomic E-state index is 0.182. The zero-order chi connectivity index (χ0) is 17.9. The van der Waals surface area contributed by atoms with Crippen LogP contribution in [0.1, 0.15) is 45.1 Å². The number of aliphatic hydroxyl groups excluding tert-OH is 1. The highest BCUT2D eigenvalue weighted by atomic mass is 16.6. The molecule has 2 rings (SSSR count). The third kappa shape index (κ3) is 5.67. The second kappa shape index (κ2) is 7.38. The molecule has 0 saturated heterocycles. The molecule has 2 atom stereocenters. The highest BCUT2D eigenvalue weighted by Gasteiger charge is 2.26. The molecule has 0 amide bonds. The third-order valence-corrected chi connectivity index (χ3v) is 3.60. The van der Waals surface area contributed by atoms with E-state index in [1.165, 1.54) is 0 Å². The van der Waals surface area contributed by atoms with E-state index in [2.05, 4.69) is 5.32 Å². The maximum Gasteiger partial charge on any atom is 0.324 e. The number of hydrogen-bond donors (Lipinski definition) is 4. The van der Waals surface area contributed by atoms with Crippen molar-refractivity contribution < 1.29 is 24.5 Å². The van der Waals surface area contributed by atoms with Crippen molar-refractivity contribution in [1.29, 1.82) is 0 Å². The Kier molecular flexibility index (Phi) is 5.69. The summed E-state index contributed by atoms with van der Waals surface area (Å²) in [6.45, 7) is 5.09. The van der Waals surface area contributed by atoms with Crippen molar-refractivity contribution >= 4 is 11.7 Å². The van der Waals surface area contributed by atoms with Crippen LogP contribution in [0.15, 0.2) is 18.2 Å². The molecule has 7 heteroatoms. The molecule has 1 fully saturated rings. The van der Waals surface area contributed by atoms with Gasteiger partial charge < -0.3 is 25.4 Å². The van der Waals surface area contributed by atoms with E-state index in [-0.39, 0.29) is 6.61 Å². The molecule has 1 aromatic carbocycles. The summed E-state index contributed by atoms with van der Waals surface area (Å²) in [5.74, 6) is -0.148. The zero-order valence-corrected chi connectivity index (χ0v) is 14.3. The molecule has 1 saturated carbocycles. The summed E-state index contributed by atoms with van der Waals surface area (Å²) in [6, 6.07) is 4.46. The Hall–Kier alpha value is -1.83. The van der Waals surface area contributed by atoms with Gasteiger partial charge in [-0.1, -0.05) is 6.07 Å². The molecule has 1 aliphatic carbocycles. The minimum atomic E-state index is -1.41. The van der Waals surface area contributed by atoms with Crippen LogP contribution in [0.3, 0.4) is 0 Å². The van der Waals surface area contributed by atoms with Crippen molar-refractivity contribution in [3.05, 3.63) is 23.8 Å². The number of nitrogens with one attached hydrogen (secondary N) is 1. The lowest BCUT2D eigenvalue weighted by atomic mass is 10.1. The first kappa shape index (κ1) is 18.5. The van der Waals surface area contributed by atoms with Gasteiger partial charge in [0.05, 0.1) is 11.3 Å². The molecule has 24 heavy (non-hydrogen) atoms. The van der Waals surface area contributed by atoms with Crippen LogP contribution >= 0.6 is 0 Å². The van der Waals surface area contributed by atoms with E-state index in [9.17, 15) is 15.0 Å². The van der Waals surface area contributed by atoms with Gasteiger partial charge in [0.2, 0.25) is 6.41 Å². The fourth-order valence-electron chi connectivity index (χ4n) is 2.25. The standard InChI is InChI=1S/C17H26N2O5/c1-17(2,3)24-16(22)19-13(15(20)21)9-23-14-8-11(10-4-5-10)6-7-12(14)18/h6-8,10,13,16,19,22H,4-5,9,18H2,1-3H3,(H,20,21)/t13-,16?/m0/s1. The molecule has 0 radical (unpaired) electrons. The number of aliphatic carboxylic acids is 1. The summed E-state index contributed by atoms with van der Waals surface area (Å²) in [5, 5.41) is 21.6. The first-order chi connectivity index (χ1) is 11.2. The Morgan fingerprint density at radius 1 is 1.42 bits per heavy atom. The van der Waals surface area contributed by atoms with Gasteiger partial charge in [-0.25, -0.2) is 0 Å². The molecule has 0 heterocycles. The number of anilines is 1. The van der Waals surface area contributed by atoms with E-state index >= 15 is 0 Å². The summed E-state index contributed by atoms with van der Waals surface area (Å²) < 4.78 is 10.8. The summed E-state index contributed by atoms with van der Waals surface area (Å²) >= 11 is 0. The summed E-state index contributed by atoms with van der Waals surface area (Å²) in [6.07, 6.45) is 0.891. The van der Waals surface area contributed by atoms with Crippen molar-refractivity contribution in [2.45, 2.75) is 57.6 Å². The molecule has 0 bridgehead atoms. The normalized spacial score (nSPS) is 17.3. The lowest BCUT2D eigenvalue weighted by Crippen LogP contribution is -2.49. The van der Waals surface area contributed by atoms with Crippen molar-refractivity contribution in [1.82, 2.24) is 5.32 Å². The van der Waals surface area contributed by atoms with Crippen LogP contribution in [0.25, 0.3) is 0 Å². The van der Waals surface area contributed by atoms with Gasteiger partial charge in [0.1, 0.15) is 18.4 Å². The smallest absolute Gasteiger partial charge is 0.324 e. The van der Waals surface area contributed by atoms with Crippen LogP contribution < -0.4 is 15.8 Å². The fourth-order valence-corrected chi connectivity index (χ4v) is 2.25. The summed E-state index contributed by atoms with van der Waals surface area (Å²) in [4.78, 5) is 11.4. The molecule has 0 spiro atoms. The lowest BCUT2D eigenvalue weighted by Gasteiger charge is -2.26. The van der Waals surface area contributed by atoms with Gasteiger partial charge in [-0.05, 0) is 57.2 Å². The molecule has 1 aliphatic rings. The number of benzene rings is 1. The Balaban J connectivity index is 1.96. The van der Waals surface area contributed by atoms with Crippen LogP contribution in [0.5, 0.6) is 5.75 Å². The molecular weight excluding hydrogens is 312 g/mol. The van der Waals surface area contributed by atoms with Gasteiger partial charge in [-0.3, -0.25) is 10.1 Å². The lowest BCUT2D eigenvalue weighted by molar-refractivity contribution is -0.190. The van der Waals surface area contributed by atoms with E-state index in [0.29, 0.717) is 17.4 Å². The molecule has 7 nitrogen and oxygen atoms in total. The number of rotatable bonds is 8. The molecule has 0 aromatic heterocycles.